The van der Waals surface area contributed by atoms with Crippen LogP contribution in [0.3, 0.4) is 0 Å². The van der Waals surface area contributed by atoms with E-state index in [1.807, 2.05) is 0 Å². The zero-order valence-electron chi connectivity index (χ0n) is 9.48. The van der Waals surface area contributed by atoms with E-state index < -0.39 is 22.4 Å². The SMILES string of the molecule is CCCCCCl.O=C(Cl)c1cc(F)ccc1F. The Morgan fingerprint density at radius 1 is 1.29 bits per heavy atom. The molecule has 1 aromatic rings. The van der Waals surface area contributed by atoms with Crippen LogP contribution in [0.15, 0.2) is 18.2 Å². The highest BCUT2D eigenvalue weighted by molar-refractivity contribution is 6.67. The normalized spacial score (nSPS) is 9.47. The van der Waals surface area contributed by atoms with E-state index >= 15 is 0 Å². The molecule has 0 spiro atoms. The van der Waals surface area contributed by atoms with Gasteiger partial charge in [-0.15, -0.1) is 11.6 Å². The Morgan fingerprint density at radius 3 is 2.29 bits per heavy atom. The Hall–Kier alpha value is -0.670. The Kier molecular flexibility index (Phi) is 9.00. The van der Waals surface area contributed by atoms with Crippen molar-refractivity contribution in [1.29, 1.82) is 0 Å². The minimum absolute atomic E-state index is 0.438. The van der Waals surface area contributed by atoms with E-state index in [1.165, 1.54) is 19.3 Å². The molecule has 0 fully saturated rings. The molecule has 1 rings (SSSR count). The lowest BCUT2D eigenvalue weighted by Gasteiger charge is -1.94. The highest BCUT2D eigenvalue weighted by atomic mass is 35.5. The molecule has 0 heterocycles. The molecule has 0 bridgehead atoms. The van der Waals surface area contributed by atoms with Crippen LogP contribution < -0.4 is 0 Å². The summed E-state index contributed by atoms with van der Waals surface area (Å²) in [6.45, 7) is 2.17. The molecular weight excluding hydrogens is 269 g/mol. The molecule has 0 aliphatic heterocycles. The summed E-state index contributed by atoms with van der Waals surface area (Å²) in [5.74, 6) is -0.671. The van der Waals surface area contributed by atoms with Crippen LogP contribution in [0.4, 0.5) is 8.78 Å². The molecule has 5 heteroatoms. The van der Waals surface area contributed by atoms with Gasteiger partial charge in [0.2, 0.25) is 0 Å². The minimum atomic E-state index is -0.998. The second-order valence-electron chi connectivity index (χ2n) is 3.29. The second kappa shape index (κ2) is 9.37. The third kappa shape index (κ3) is 7.29. The summed E-state index contributed by atoms with van der Waals surface area (Å²) in [4.78, 5) is 10.4. The zero-order valence-corrected chi connectivity index (χ0v) is 11.0. The van der Waals surface area contributed by atoms with E-state index in [2.05, 4.69) is 6.92 Å². The second-order valence-corrected chi connectivity index (χ2v) is 4.02. The third-order valence-corrected chi connectivity index (χ3v) is 2.35. The van der Waals surface area contributed by atoms with Crippen molar-refractivity contribution in [2.75, 3.05) is 5.88 Å². The summed E-state index contributed by atoms with van der Waals surface area (Å²) in [5.41, 5.74) is -0.438. The van der Waals surface area contributed by atoms with Gasteiger partial charge in [0, 0.05) is 5.88 Å². The molecule has 0 aliphatic carbocycles. The van der Waals surface area contributed by atoms with E-state index in [0.717, 1.165) is 24.1 Å². The van der Waals surface area contributed by atoms with Crippen molar-refractivity contribution < 1.29 is 13.6 Å². The standard InChI is InChI=1S/C7H3ClF2O.C5H11Cl/c8-7(11)5-3-4(9)1-2-6(5)10;1-2-3-4-5-6/h1-3H;2-5H2,1H3. The molecule has 1 aromatic carbocycles. The van der Waals surface area contributed by atoms with Crippen LogP contribution in [0.5, 0.6) is 0 Å². The largest absolute Gasteiger partial charge is 0.275 e. The fraction of sp³-hybridized carbons (Fsp3) is 0.417. The van der Waals surface area contributed by atoms with Crippen LogP contribution in [-0.2, 0) is 0 Å². The lowest BCUT2D eigenvalue weighted by Crippen LogP contribution is -1.94. The van der Waals surface area contributed by atoms with Crippen molar-refractivity contribution in [3.8, 4) is 0 Å². The van der Waals surface area contributed by atoms with Crippen molar-refractivity contribution in [2.45, 2.75) is 26.2 Å². The number of carbonyl (C=O) groups excluding carboxylic acids is 1. The maximum absolute atomic E-state index is 12.5. The zero-order chi connectivity index (χ0) is 13.3. The van der Waals surface area contributed by atoms with E-state index in [4.69, 9.17) is 23.2 Å². The summed E-state index contributed by atoms with van der Waals surface area (Å²) in [6, 6.07) is 2.52. The molecule has 0 atom stereocenters. The molecule has 17 heavy (non-hydrogen) atoms. The van der Waals surface area contributed by atoms with Crippen molar-refractivity contribution in [1.82, 2.24) is 0 Å². The third-order valence-electron chi connectivity index (χ3n) is 1.88. The number of hydrogen-bond donors (Lipinski definition) is 0. The van der Waals surface area contributed by atoms with Gasteiger partial charge in [-0.05, 0) is 36.2 Å². The summed E-state index contributed by atoms with van der Waals surface area (Å²) in [5, 5.41) is -0.998. The van der Waals surface area contributed by atoms with E-state index in [1.54, 1.807) is 0 Å². The molecule has 0 radical (unpaired) electrons. The molecular formula is C12H14Cl2F2O. The Labute approximate surface area is 110 Å². The first-order valence-electron chi connectivity index (χ1n) is 5.23. The van der Waals surface area contributed by atoms with Crippen LogP contribution >= 0.6 is 23.2 Å². The van der Waals surface area contributed by atoms with Gasteiger partial charge in [-0.2, -0.15) is 0 Å². The van der Waals surface area contributed by atoms with Crippen LogP contribution in [0.25, 0.3) is 0 Å². The highest BCUT2D eigenvalue weighted by Crippen LogP contribution is 2.11. The van der Waals surface area contributed by atoms with Crippen LogP contribution in [0, 0.1) is 11.6 Å². The molecule has 0 saturated carbocycles. The van der Waals surface area contributed by atoms with Gasteiger partial charge in [0.25, 0.3) is 5.24 Å². The average Bonchev–Trinajstić information content (AvgIpc) is 2.30. The molecule has 0 unspecified atom stereocenters. The van der Waals surface area contributed by atoms with Crippen LogP contribution in [0.2, 0.25) is 0 Å². The predicted molar refractivity (Wildman–Crippen MR) is 66.8 cm³/mol. The first-order chi connectivity index (χ1) is 8.02. The van der Waals surface area contributed by atoms with E-state index in [0.29, 0.717) is 0 Å². The molecule has 0 saturated heterocycles. The lowest BCUT2D eigenvalue weighted by atomic mass is 10.2. The Bertz CT molecular complexity index is 352. The quantitative estimate of drug-likeness (QED) is 0.442. The summed E-state index contributed by atoms with van der Waals surface area (Å²) in [7, 11) is 0. The average molecular weight is 283 g/mol. The minimum Gasteiger partial charge on any atom is -0.275 e. The van der Waals surface area contributed by atoms with Gasteiger partial charge in [0.15, 0.2) is 0 Å². The fourth-order valence-corrected chi connectivity index (χ4v) is 1.33. The topological polar surface area (TPSA) is 17.1 Å². The number of halogens is 4. The molecule has 0 N–H and O–H groups in total. The van der Waals surface area contributed by atoms with Crippen molar-refractivity contribution in [3.63, 3.8) is 0 Å². The number of rotatable bonds is 4. The van der Waals surface area contributed by atoms with Crippen molar-refractivity contribution >= 4 is 28.4 Å². The van der Waals surface area contributed by atoms with Gasteiger partial charge < -0.3 is 0 Å². The molecule has 1 nitrogen and oxygen atoms in total. The Morgan fingerprint density at radius 2 is 1.94 bits per heavy atom. The number of alkyl halides is 1. The van der Waals surface area contributed by atoms with Gasteiger partial charge in [-0.1, -0.05) is 19.8 Å². The highest BCUT2D eigenvalue weighted by Gasteiger charge is 2.09. The molecule has 0 aromatic heterocycles. The van der Waals surface area contributed by atoms with Gasteiger partial charge in [-0.3, -0.25) is 4.79 Å². The van der Waals surface area contributed by atoms with Gasteiger partial charge in [-0.25, -0.2) is 8.78 Å². The Balaban J connectivity index is 0.000000366. The summed E-state index contributed by atoms with van der Waals surface area (Å²) < 4.78 is 24.9. The van der Waals surface area contributed by atoms with Gasteiger partial charge >= 0.3 is 0 Å². The molecule has 0 aliphatic rings. The number of unbranched alkanes of at least 4 members (excludes halogenated alkanes) is 2. The van der Waals surface area contributed by atoms with Crippen LogP contribution in [-0.4, -0.2) is 11.1 Å². The van der Waals surface area contributed by atoms with Gasteiger partial charge in [0.05, 0.1) is 5.56 Å². The number of carbonyl (C=O) groups is 1. The first-order valence-corrected chi connectivity index (χ1v) is 6.15. The van der Waals surface area contributed by atoms with E-state index in [9.17, 15) is 13.6 Å². The van der Waals surface area contributed by atoms with Crippen molar-refractivity contribution in [2.24, 2.45) is 0 Å². The monoisotopic (exact) mass is 282 g/mol. The molecule has 0 amide bonds. The predicted octanol–water partition coefficient (Wildman–Crippen LogP) is 4.76. The van der Waals surface area contributed by atoms with Gasteiger partial charge in [0.1, 0.15) is 11.6 Å². The smallest absolute Gasteiger partial charge is 0.255 e. The first kappa shape index (κ1) is 16.3. The fourth-order valence-electron chi connectivity index (χ4n) is 0.993. The maximum Gasteiger partial charge on any atom is 0.255 e. The van der Waals surface area contributed by atoms with Crippen molar-refractivity contribution in [3.05, 3.63) is 35.4 Å². The number of hydrogen-bond acceptors (Lipinski definition) is 1. The molecule has 96 valence electrons. The number of benzene rings is 1. The lowest BCUT2D eigenvalue weighted by molar-refractivity contribution is 0.107. The maximum atomic E-state index is 12.5. The summed E-state index contributed by atoms with van der Waals surface area (Å²) in [6.07, 6.45) is 3.73. The summed E-state index contributed by atoms with van der Waals surface area (Å²) >= 11 is 10.3. The van der Waals surface area contributed by atoms with E-state index in [-0.39, 0.29) is 0 Å². The van der Waals surface area contributed by atoms with Crippen LogP contribution in [0.1, 0.15) is 36.5 Å².